The minimum absolute atomic E-state index is 0.196. The number of aliphatic hydroxyl groups is 1. The normalized spacial score (nSPS) is 20.4. The van der Waals surface area contributed by atoms with Gasteiger partial charge in [0.25, 0.3) is 0 Å². The van der Waals surface area contributed by atoms with Gasteiger partial charge in [0.15, 0.2) is 0 Å². The van der Waals surface area contributed by atoms with Gasteiger partial charge < -0.3 is 5.11 Å². The van der Waals surface area contributed by atoms with Crippen molar-refractivity contribution in [3.63, 3.8) is 0 Å². The van der Waals surface area contributed by atoms with E-state index in [-0.39, 0.29) is 6.61 Å². The summed E-state index contributed by atoms with van der Waals surface area (Å²) >= 11 is 0. The summed E-state index contributed by atoms with van der Waals surface area (Å²) in [6.07, 6.45) is 5.57. The van der Waals surface area contributed by atoms with Crippen LogP contribution in [0.15, 0.2) is 11.6 Å². The molecule has 0 heterocycles. The van der Waals surface area contributed by atoms with Crippen LogP contribution in [0, 0.1) is 10.8 Å². The Hall–Kier alpha value is -0.300. The fourth-order valence-corrected chi connectivity index (χ4v) is 2.99. The second-order valence-corrected chi connectivity index (χ2v) is 5.90. The van der Waals surface area contributed by atoms with Crippen LogP contribution in [0.25, 0.3) is 0 Å². The van der Waals surface area contributed by atoms with Gasteiger partial charge in [-0.05, 0) is 30.1 Å². The Labute approximate surface area is 109 Å². The van der Waals surface area contributed by atoms with E-state index < -0.39 is 0 Å². The van der Waals surface area contributed by atoms with Crippen molar-refractivity contribution in [2.24, 2.45) is 10.8 Å². The van der Waals surface area contributed by atoms with Crippen LogP contribution in [0.2, 0.25) is 0 Å². The first kappa shape index (κ1) is 19.0. The molecule has 0 aromatic rings. The summed E-state index contributed by atoms with van der Waals surface area (Å²) in [6, 6.07) is 0. The zero-order chi connectivity index (χ0) is 14.1. The third kappa shape index (κ3) is 8.43. The maximum Gasteiger partial charge on any atom is 0.0615 e. The average molecular weight is 242 g/mol. The molecule has 0 radical (unpaired) electrons. The summed E-state index contributed by atoms with van der Waals surface area (Å²) in [5.41, 5.74) is 2.25. The van der Waals surface area contributed by atoms with Crippen molar-refractivity contribution in [2.75, 3.05) is 6.61 Å². The lowest BCUT2D eigenvalue weighted by molar-refractivity contribution is 0.153. The minimum Gasteiger partial charge on any atom is -0.392 e. The first-order valence-electron chi connectivity index (χ1n) is 7.13. The molecule has 0 bridgehead atoms. The molecule has 1 aliphatic rings. The van der Waals surface area contributed by atoms with E-state index in [9.17, 15) is 0 Å². The first-order valence-corrected chi connectivity index (χ1v) is 7.13. The molecule has 0 amide bonds. The second kappa shape index (κ2) is 8.74. The molecule has 1 rings (SSSR count). The molecule has 0 atom stereocenters. The van der Waals surface area contributed by atoms with Gasteiger partial charge in [-0.3, -0.25) is 0 Å². The van der Waals surface area contributed by atoms with Crippen LogP contribution in [0.1, 0.15) is 74.7 Å². The van der Waals surface area contributed by atoms with E-state index in [0.29, 0.717) is 10.8 Å². The lowest BCUT2D eigenvalue weighted by Crippen LogP contribution is -2.29. The van der Waals surface area contributed by atoms with Gasteiger partial charge in [-0.1, -0.05) is 67.0 Å². The predicted octanol–water partition coefficient (Wildman–Crippen LogP) is 5.19. The standard InChI is InChI=1S/C12H22O.2C2H6/c1-11(2)7-10(5-6-13)8-12(3,4)9-11;2*1-2/h5,13H,6-9H2,1-4H3;2*1-2H3. The Bertz CT molecular complexity index is 194. The second-order valence-electron chi connectivity index (χ2n) is 5.90. The smallest absolute Gasteiger partial charge is 0.0615 e. The van der Waals surface area contributed by atoms with Gasteiger partial charge in [0.1, 0.15) is 0 Å². The monoisotopic (exact) mass is 242 g/mol. The Balaban J connectivity index is 0. The molecule has 104 valence electrons. The van der Waals surface area contributed by atoms with Crippen LogP contribution in [-0.4, -0.2) is 11.7 Å². The summed E-state index contributed by atoms with van der Waals surface area (Å²) in [5, 5.41) is 8.88. The highest BCUT2D eigenvalue weighted by molar-refractivity contribution is 5.12. The van der Waals surface area contributed by atoms with Crippen LogP contribution in [0.4, 0.5) is 0 Å². The Morgan fingerprint density at radius 2 is 1.29 bits per heavy atom. The number of hydrogen-bond acceptors (Lipinski definition) is 1. The SMILES string of the molecule is CC.CC.CC1(C)CC(=CCO)CC(C)(C)C1. The predicted molar refractivity (Wildman–Crippen MR) is 79.3 cm³/mol. The molecule has 1 saturated carbocycles. The first-order chi connectivity index (χ1) is 7.85. The summed E-state index contributed by atoms with van der Waals surface area (Å²) < 4.78 is 0. The van der Waals surface area contributed by atoms with Crippen LogP contribution >= 0.6 is 0 Å². The summed E-state index contributed by atoms with van der Waals surface area (Å²) in [4.78, 5) is 0. The van der Waals surface area contributed by atoms with E-state index >= 15 is 0 Å². The van der Waals surface area contributed by atoms with Crippen LogP contribution < -0.4 is 0 Å². The third-order valence-corrected chi connectivity index (χ3v) is 2.75. The molecule has 1 heteroatoms. The van der Waals surface area contributed by atoms with Gasteiger partial charge in [-0.2, -0.15) is 0 Å². The van der Waals surface area contributed by atoms with Crippen molar-refractivity contribution >= 4 is 0 Å². The van der Waals surface area contributed by atoms with E-state index in [1.54, 1.807) is 0 Å². The Kier molecular flexibility index (Phi) is 9.80. The molecular formula is C16H34O. The quantitative estimate of drug-likeness (QED) is 0.627. The molecule has 0 aromatic heterocycles. The van der Waals surface area contributed by atoms with Gasteiger partial charge in [0.2, 0.25) is 0 Å². The third-order valence-electron chi connectivity index (χ3n) is 2.75. The van der Waals surface area contributed by atoms with Crippen molar-refractivity contribution < 1.29 is 5.11 Å². The van der Waals surface area contributed by atoms with Gasteiger partial charge in [0, 0.05) is 0 Å². The van der Waals surface area contributed by atoms with Crippen molar-refractivity contribution in [1.82, 2.24) is 0 Å². The van der Waals surface area contributed by atoms with Crippen molar-refractivity contribution in [2.45, 2.75) is 74.7 Å². The molecule has 0 spiro atoms. The van der Waals surface area contributed by atoms with Crippen molar-refractivity contribution in [3.8, 4) is 0 Å². The topological polar surface area (TPSA) is 20.2 Å². The summed E-state index contributed by atoms with van der Waals surface area (Å²) in [7, 11) is 0. The highest BCUT2D eigenvalue weighted by Crippen LogP contribution is 2.47. The van der Waals surface area contributed by atoms with Gasteiger partial charge in [-0.25, -0.2) is 0 Å². The van der Waals surface area contributed by atoms with E-state index in [0.717, 1.165) is 12.8 Å². The lowest BCUT2D eigenvalue weighted by Gasteiger charge is -2.42. The number of aliphatic hydroxyl groups excluding tert-OH is 1. The molecule has 17 heavy (non-hydrogen) atoms. The molecule has 0 unspecified atom stereocenters. The zero-order valence-electron chi connectivity index (χ0n) is 13.4. The van der Waals surface area contributed by atoms with Gasteiger partial charge >= 0.3 is 0 Å². The van der Waals surface area contributed by atoms with Crippen LogP contribution in [0.5, 0.6) is 0 Å². The minimum atomic E-state index is 0.196. The largest absolute Gasteiger partial charge is 0.392 e. The molecular weight excluding hydrogens is 208 g/mol. The van der Waals surface area contributed by atoms with E-state index in [1.807, 2.05) is 33.8 Å². The average Bonchev–Trinajstić information content (AvgIpc) is 2.19. The summed E-state index contributed by atoms with van der Waals surface area (Å²) in [6.45, 7) is 17.5. The number of rotatable bonds is 1. The molecule has 1 nitrogen and oxygen atoms in total. The number of hydrogen-bond donors (Lipinski definition) is 1. The lowest BCUT2D eigenvalue weighted by atomic mass is 9.63. The maximum atomic E-state index is 8.88. The zero-order valence-corrected chi connectivity index (χ0v) is 13.4. The van der Waals surface area contributed by atoms with Gasteiger partial charge in [0.05, 0.1) is 6.61 Å². The van der Waals surface area contributed by atoms with Crippen molar-refractivity contribution in [3.05, 3.63) is 11.6 Å². The number of allylic oxidation sites excluding steroid dienone is 1. The fraction of sp³-hybridized carbons (Fsp3) is 0.875. The molecule has 1 aliphatic carbocycles. The van der Waals surface area contributed by atoms with Crippen molar-refractivity contribution in [1.29, 1.82) is 0 Å². The Morgan fingerprint density at radius 1 is 0.941 bits per heavy atom. The molecule has 1 fully saturated rings. The summed E-state index contributed by atoms with van der Waals surface area (Å²) in [5.74, 6) is 0. The molecule has 0 saturated heterocycles. The Morgan fingerprint density at radius 3 is 1.59 bits per heavy atom. The van der Waals surface area contributed by atoms with Crippen LogP contribution in [0.3, 0.4) is 0 Å². The highest BCUT2D eigenvalue weighted by Gasteiger charge is 2.35. The van der Waals surface area contributed by atoms with E-state index in [4.69, 9.17) is 5.11 Å². The molecule has 1 N–H and O–H groups in total. The van der Waals surface area contributed by atoms with E-state index in [2.05, 4.69) is 27.7 Å². The van der Waals surface area contributed by atoms with Crippen LogP contribution in [-0.2, 0) is 0 Å². The molecule has 0 aliphatic heterocycles. The fourth-order valence-electron chi connectivity index (χ4n) is 2.99. The maximum absolute atomic E-state index is 8.88. The van der Waals surface area contributed by atoms with Gasteiger partial charge in [-0.15, -0.1) is 0 Å². The molecule has 0 aromatic carbocycles. The highest BCUT2D eigenvalue weighted by atomic mass is 16.2. The van der Waals surface area contributed by atoms with E-state index in [1.165, 1.54) is 12.0 Å².